The molecule has 4 aromatic rings. The molecule has 0 saturated heterocycles. The summed E-state index contributed by atoms with van der Waals surface area (Å²) >= 11 is 0. The molecule has 0 saturated carbocycles. The van der Waals surface area contributed by atoms with Gasteiger partial charge in [0.1, 0.15) is 11.6 Å². The average Bonchev–Trinajstić information content (AvgIpc) is 3.11. The van der Waals surface area contributed by atoms with Crippen LogP contribution in [0, 0.1) is 5.92 Å². The van der Waals surface area contributed by atoms with Crippen LogP contribution in [-0.2, 0) is 4.79 Å². The number of benzene rings is 3. The van der Waals surface area contributed by atoms with Gasteiger partial charge in [-0.15, -0.1) is 0 Å². The van der Waals surface area contributed by atoms with Crippen molar-refractivity contribution in [3.8, 4) is 22.8 Å². The predicted molar refractivity (Wildman–Crippen MR) is 113 cm³/mol. The third kappa shape index (κ3) is 3.72. The van der Waals surface area contributed by atoms with E-state index >= 15 is 0 Å². The molecule has 1 N–H and O–H groups in total. The second-order valence-corrected chi connectivity index (χ2v) is 7.24. The van der Waals surface area contributed by atoms with Gasteiger partial charge in [0.05, 0.1) is 11.0 Å². The van der Waals surface area contributed by atoms with Crippen LogP contribution in [0.1, 0.15) is 13.8 Å². The lowest BCUT2D eigenvalue weighted by molar-refractivity contribution is -0.147. The Hall–Kier alpha value is -3.60. The van der Waals surface area contributed by atoms with Gasteiger partial charge in [-0.3, -0.25) is 4.57 Å². The zero-order valence-electron chi connectivity index (χ0n) is 16.3. The third-order valence-electron chi connectivity index (χ3n) is 4.78. The van der Waals surface area contributed by atoms with E-state index in [9.17, 15) is 9.90 Å². The standard InChI is InChI=1S/C24H22N2O3/c1-16(2)22(24(27)28)29-19-13-14-20-21(15-19)26(18-11-7-4-8-12-18)23(25-20)17-9-5-3-6-10-17/h3-16,22H,1-2H3,(H,27,28). The molecule has 3 aromatic carbocycles. The molecular formula is C24H22N2O3. The number of carboxylic acid groups (broad SMARTS) is 1. The zero-order valence-corrected chi connectivity index (χ0v) is 16.3. The average molecular weight is 386 g/mol. The summed E-state index contributed by atoms with van der Waals surface area (Å²) in [5.41, 5.74) is 3.65. The number of aliphatic carboxylic acids is 1. The Balaban J connectivity index is 1.89. The van der Waals surface area contributed by atoms with Crippen LogP contribution in [0.5, 0.6) is 5.75 Å². The summed E-state index contributed by atoms with van der Waals surface area (Å²) in [5, 5.41) is 9.46. The first-order chi connectivity index (χ1) is 14.0. The van der Waals surface area contributed by atoms with Crippen molar-refractivity contribution in [2.24, 2.45) is 5.92 Å². The number of imidazole rings is 1. The minimum Gasteiger partial charge on any atom is -0.478 e. The smallest absolute Gasteiger partial charge is 0.345 e. The van der Waals surface area contributed by atoms with Gasteiger partial charge in [0.2, 0.25) is 0 Å². The molecule has 0 aliphatic heterocycles. The molecule has 4 rings (SSSR count). The van der Waals surface area contributed by atoms with E-state index in [2.05, 4.69) is 4.57 Å². The normalized spacial score (nSPS) is 12.2. The largest absolute Gasteiger partial charge is 0.478 e. The van der Waals surface area contributed by atoms with Crippen LogP contribution in [0.15, 0.2) is 78.9 Å². The Morgan fingerprint density at radius 2 is 1.62 bits per heavy atom. The first-order valence-electron chi connectivity index (χ1n) is 9.57. The molecule has 1 heterocycles. The van der Waals surface area contributed by atoms with Crippen LogP contribution >= 0.6 is 0 Å². The number of carbonyl (C=O) groups is 1. The van der Waals surface area contributed by atoms with E-state index in [1.165, 1.54) is 0 Å². The van der Waals surface area contributed by atoms with Crippen molar-refractivity contribution in [2.75, 3.05) is 0 Å². The molecule has 5 nitrogen and oxygen atoms in total. The lowest BCUT2D eigenvalue weighted by Crippen LogP contribution is -2.32. The molecule has 0 radical (unpaired) electrons. The molecule has 5 heteroatoms. The quantitative estimate of drug-likeness (QED) is 0.496. The van der Waals surface area contributed by atoms with Gasteiger partial charge in [0, 0.05) is 23.2 Å². The maximum atomic E-state index is 11.5. The van der Waals surface area contributed by atoms with Crippen LogP contribution in [0.25, 0.3) is 28.1 Å². The molecular weight excluding hydrogens is 364 g/mol. The van der Waals surface area contributed by atoms with Crippen molar-refractivity contribution in [3.63, 3.8) is 0 Å². The second kappa shape index (κ2) is 7.80. The monoisotopic (exact) mass is 386 g/mol. The Labute approximate surface area is 169 Å². The maximum Gasteiger partial charge on any atom is 0.345 e. The van der Waals surface area contributed by atoms with Crippen molar-refractivity contribution in [1.29, 1.82) is 0 Å². The number of carboxylic acids is 1. The van der Waals surface area contributed by atoms with Crippen molar-refractivity contribution in [2.45, 2.75) is 20.0 Å². The highest BCUT2D eigenvalue weighted by Gasteiger charge is 2.24. The van der Waals surface area contributed by atoms with Crippen molar-refractivity contribution < 1.29 is 14.6 Å². The van der Waals surface area contributed by atoms with Crippen LogP contribution in [0.4, 0.5) is 0 Å². The van der Waals surface area contributed by atoms with E-state index in [0.717, 1.165) is 28.1 Å². The highest BCUT2D eigenvalue weighted by Crippen LogP contribution is 2.31. The lowest BCUT2D eigenvalue weighted by Gasteiger charge is -2.18. The molecule has 146 valence electrons. The highest BCUT2D eigenvalue weighted by atomic mass is 16.5. The molecule has 0 aliphatic carbocycles. The fourth-order valence-corrected chi connectivity index (χ4v) is 3.37. The van der Waals surface area contributed by atoms with Crippen molar-refractivity contribution >= 4 is 17.0 Å². The number of ether oxygens (including phenoxy) is 1. The van der Waals surface area contributed by atoms with E-state index in [0.29, 0.717) is 5.75 Å². The Morgan fingerprint density at radius 3 is 2.24 bits per heavy atom. The van der Waals surface area contributed by atoms with Crippen LogP contribution in [0.3, 0.4) is 0 Å². The number of hydrogen-bond donors (Lipinski definition) is 1. The maximum absolute atomic E-state index is 11.5. The van der Waals surface area contributed by atoms with Crippen LogP contribution in [0.2, 0.25) is 0 Å². The van der Waals surface area contributed by atoms with E-state index in [1.807, 2.05) is 86.6 Å². The molecule has 0 aliphatic rings. The molecule has 0 fully saturated rings. The van der Waals surface area contributed by atoms with Crippen LogP contribution in [-0.4, -0.2) is 26.7 Å². The van der Waals surface area contributed by atoms with Gasteiger partial charge in [-0.1, -0.05) is 62.4 Å². The minimum atomic E-state index is -0.971. The molecule has 0 bridgehead atoms. The fraction of sp³-hybridized carbons (Fsp3) is 0.167. The van der Waals surface area contributed by atoms with E-state index in [1.54, 1.807) is 6.07 Å². The fourth-order valence-electron chi connectivity index (χ4n) is 3.37. The van der Waals surface area contributed by atoms with Gasteiger partial charge in [-0.2, -0.15) is 0 Å². The summed E-state index contributed by atoms with van der Waals surface area (Å²) in [4.78, 5) is 16.4. The van der Waals surface area contributed by atoms with E-state index < -0.39 is 12.1 Å². The number of hydrogen-bond acceptors (Lipinski definition) is 3. The van der Waals surface area contributed by atoms with Gasteiger partial charge in [-0.05, 0) is 24.3 Å². The summed E-state index contributed by atoms with van der Waals surface area (Å²) < 4.78 is 7.88. The second-order valence-electron chi connectivity index (χ2n) is 7.24. The molecule has 1 aromatic heterocycles. The minimum absolute atomic E-state index is 0.151. The summed E-state index contributed by atoms with van der Waals surface area (Å²) in [6, 6.07) is 25.5. The molecule has 0 amide bonds. The van der Waals surface area contributed by atoms with Gasteiger partial charge >= 0.3 is 5.97 Å². The number of para-hydroxylation sites is 1. The lowest BCUT2D eigenvalue weighted by atomic mass is 10.1. The summed E-state index contributed by atoms with van der Waals surface area (Å²) in [7, 11) is 0. The van der Waals surface area contributed by atoms with Gasteiger partial charge < -0.3 is 9.84 Å². The topological polar surface area (TPSA) is 64.4 Å². The Kier molecular flexibility index (Phi) is 5.04. The third-order valence-corrected chi connectivity index (χ3v) is 4.78. The Bertz CT molecular complexity index is 1130. The van der Waals surface area contributed by atoms with Crippen molar-refractivity contribution in [3.05, 3.63) is 78.9 Å². The number of fused-ring (bicyclic) bond motifs is 1. The van der Waals surface area contributed by atoms with E-state index in [-0.39, 0.29) is 5.92 Å². The first-order valence-corrected chi connectivity index (χ1v) is 9.57. The summed E-state index contributed by atoms with van der Waals surface area (Å²) in [6.07, 6.45) is -0.908. The molecule has 0 spiro atoms. The summed E-state index contributed by atoms with van der Waals surface area (Å²) in [5.74, 6) is 0.210. The molecule has 29 heavy (non-hydrogen) atoms. The molecule has 1 atom stereocenters. The number of aromatic nitrogens is 2. The summed E-state index contributed by atoms with van der Waals surface area (Å²) in [6.45, 7) is 3.66. The predicted octanol–water partition coefficient (Wildman–Crippen LogP) is 5.18. The SMILES string of the molecule is CC(C)C(Oc1ccc2nc(-c3ccccc3)n(-c3ccccc3)c2c1)C(=O)O. The van der Waals surface area contributed by atoms with Gasteiger partial charge in [-0.25, -0.2) is 9.78 Å². The van der Waals surface area contributed by atoms with Gasteiger partial charge in [0.25, 0.3) is 0 Å². The first kappa shape index (κ1) is 18.7. The van der Waals surface area contributed by atoms with Gasteiger partial charge in [0.15, 0.2) is 6.10 Å². The van der Waals surface area contributed by atoms with Crippen molar-refractivity contribution in [1.82, 2.24) is 9.55 Å². The molecule has 1 unspecified atom stereocenters. The highest BCUT2D eigenvalue weighted by molar-refractivity contribution is 5.84. The number of nitrogens with zero attached hydrogens (tertiary/aromatic N) is 2. The van der Waals surface area contributed by atoms with E-state index in [4.69, 9.17) is 9.72 Å². The Morgan fingerprint density at radius 1 is 0.966 bits per heavy atom. The zero-order chi connectivity index (χ0) is 20.4. The van der Waals surface area contributed by atoms with Crippen LogP contribution < -0.4 is 4.74 Å². The number of rotatable bonds is 6.